The predicted octanol–water partition coefficient (Wildman–Crippen LogP) is 3.39. The Morgan fingerprint density at radius 3 is 2.18 bits per heavy atom. The summed E-state index contributed by atoms with van der Waals surface area (Å²) in [7, 11) is 1.46. The standard InChI is InChI=1S/C26H30N2O6/c1-16(33-2)24(25(31)28(17-11-12-17)14-13-23(29)30)27-26(32)34-15-22-20-9-5-3-7-18(20)19-8-4-6-10-21(19)22/h3-10,16-17,22,24H,11-15H2,1-2H3,(H,27,32)(H,29,30)/t16-,24+/m1/s1. The second-order valence-electron chi connectivity index (χ2n) is 8.79. The Kier molecular flexibility index (Phi) is 7.17. The van der Waals surface area contributed by atoms with E-state index in [1.54, 1.807) is 6.92 Å². The zero-order valence-corrected chi connectivity index (χ0v) is 19.4. The smallest absolute Gasteiger partial charge is 0.407 e. The topological polar surface area (TPSA) is 105 Å². The molecule has 0 saturated heterocycles. The number of amides is 2. The van der Waals surface area contributed by atoms with Crippen molar-refractivity contribution in [1.82, 2.24) is 10.2 Å². The molecule has 1 saturated carbocycles. The van der Waals surface area contributed by atoms with Gasteiger partial charge < -0.3 is 24.8 Å². The molecule has 2 aliphatic carbocycles. The van der Waals surface area contributed by atoms with Crippen LogP contribution >= 0.6 is 0 Å². The Morgan fingerprint density at radius 1 is 1.06 bits per heavy atom. The molecule has 2 aromatic rings. The van der Waals surface area contributed by atoms with Crippen LogP contribution in [0.2, 0.25) is 0 Å². The zero-order chi connectivity index (χ0) is 24.2. The van der Waals surface area contributed by atoms with Gasteiger partial charge in [-0.25, -0.2) is 4.79 Å². The van der Waals surface area contributed by atoms with E-state index in [-0.39, 0.29) is 37.4 Å². The fourth-order valence-electron chi connectivity index (χ4n) is 4.54. The number of carboxylic acids is 1. The molecular formula is C26H30N2O6. The molecule has 2 aromatic carbocycles. The van der Waals surface area contributed by atoms with Crippen molar-refractivity contribution >= 4 is 18.0 Å². The first kappa shape index (κ1) is 23.8. The van der Waals surface area contributed by atoms with E-state index >= 15 is 0 Å². The molecule has 0 bridgehead atoms. The SMILES string of the molecule is CO[C@H](C)[C@H](NC(=O)OCC1c2ccccc2-c2ccccc21)C(=O)N(CCC(=O)O)C1CC1. The number of carbonyl (C=O) groups excluding carboxylic acids is 2. The van der Waals surface area contributed by atoms with Crippen molar-refractivity contribution < 1.29 is 29.0 Å². The highest BCUT2D eigenvalue weighted by Crippen LogP contribution is 2.44. The summed E-state index contributed by atoms with van der Waals surface area (Å²) in [4.78, 5) is 38.6. The van der Waals surface area contributed by atoms with Gasteiger partial charge in [0, 0.05) is 25.6 Å². The minimum absolute atomic E-state index is 0.00252. The molecule has 0 radical (unpaired) electrons. The number of alkyl carbamates (subject to hydrolysis) is 1. The van der Waals surface area contributed by atoms with Crippen molar-refractivity contribution in [2.24, 2.45) is 0 Å². The van der Waals surface area contributed by atoms with Crippen LogP contribution in [-0.2, 0) is 19.1 Å². The molecule has 2 N–H and O–H groups in total. The Balaban J connectivity index is 1.44. The summed E-state index contributed by atoms with van der Waals surface area (Å²) < 4.78 is 10.9. The fourth-order valence-corrected chi connectivity index (χ4v) is 4.54. The van der Waals surface area contributed by atoms with Crippen LogP contribution in [0.4, 0.5) is 4.79 Å². The van der Waals surface area contributed by atoms with Crippen LogP contribution in [0.15, 0.2) is 48.5 Å². The zero-order valence-electron chi connectivity index (χ0n) is 19.4. The number of fused-ring (bicyclic) bond motifs is 3. The highest BCUT2D eigenvalue weighted by atomic mass is 16.5. The summed E-state index contributed by atoms with van der Waals surface area (Å²) >= 11 is 0. The lowest BCUT2D eigenvalue weighted by molar-refractivity contribution is -0.140. The average Bonchev–Trinajstić information content (AvgIpc) is 3.63. The quantitative estimate of drug-likeness (QED) is 0.556. The molecule has 0 aliphatic heterocycles. The van der Waals surface area contributed by atoms with Crippen LogP contribution in [0.3, 0.4) is 0 Å². The van der Waals surface area contributed by atoms with E-state index in [0.717, 1.165) is 35.1 Å². The number of rotatable bonds is 10. The molecule has 8 heteroatoms. The van der Waals surface area contributed by atoms with Gasteiger partial charge in [-0.15, -0.1) is 0 Å². The number of nitrogens with zero attached hydrogens (tertiary/aromatic N) is 1. The van der Waals surface area contributed by atoms with Gasteiger partial charge in [0.05, 0.1) is 12.5 Å². The number of nitrogens with one attached hydrogen (secondary N) is 1. The minimum Gasteiger partial charge on any atom is -0.481 e. The second-order valence-corrected chi connectivity index (χ2v) is 8.79. The van der Waals surface area contributed by atoms with Gasteiger partial charge in [0.15, 0.2) is 0 Å². The second kappa shape index (κ2) is 10.3. The molecule has 180 valence electrons. The van der Waals surface area contributed by atoms with Gasteiger partial charge in [0.2, 0.25) is 5.91 Å². The summed E-state index contributed by atoms with van der Waals surface area (Å²) in [5, 5.41) is 11.7. The molecule has 8 nitrogen and oxygen atoms in total. The van der Waals surface area contributed by atoms with Gasteiger partial charge in [-0.05, 0) is 42.0 Å². The van der Waals surface area contributed by atoms with Gasteiger partial charge in [-0.1, -0.05) is 48.5 Å². The van der Waals surface area contributed by atoms with E-state index in [1.807, 2.05) is 36.4 Å². The normalized spacial score (nSPS) is 16.2. The lowest BCUT2D eigenvalue weighted by Gasteiger charge is -2.30. The minimum atomic E-state index is -0.977. The molecule has 0 aromatic heterocycles. The summed E-state index contributed by atoms with van der Waals surface area (Å²) in [6.07, 6.45) is 0.174. The maximum atomic E-state index is 13.2. The molecule has 0 spiro atoms. The van der Waals surface area contributed by atoms with Crippen molar-refractivity contribution in [3.63, 3.8) is 0 Å². The number of benzene rings is 2. The van der Waals surface area contributed by atoms with Gasteiger partial charge in [-0.2, -0.15) is 0 Å². The summed E-state index contributed by atoms with van der Waals surface area (Å²) in [5.74, 6) is -1.42. The van der Waals surface area contributed by atoms with E-state index in [4.69, 9.17) is 14.6 Å². The Morgan fingerprint density at radius 2 is 1.65 bits per heavy atom. The number of hydrogen-bond donors (Lipinski definition) is 2. The van der Waals surface area contributed by atoms with E-state index < -0.39 is 24.2 Å². The van der Waals surface area contributed by atoms with E-state index in [1.165, 1.54) is 12.0 Å². The third-order valence-electron chi connectivity index (χ3n) is 6.56. The third-order valence-corrected chi connectivity index (χ3v) is 6.56. The first-order chi connectivity index (χ1) is 16.4. The van der Waals surface area contributed by atoms with Gasteiger partial charge in [0.1, 0.15) is 12.6 Å². The van der Waals surface area contributed by atoms with Crippen molar-refractivity contribution in [1.29, 1.82) is 0 Å². The number of methoxy groups -OCH3 is 1. The van der Waals surface area contributed by atoms with Crippen LogP contribution in [-0.4, -0.2) is 66.4 Å². The summed E-state index contributed by atoms with van der Waals surface area (Å²) in [5.41, 5.74) is 4.46. The fraction of sp³-hybridized carbons (Fsp3) is 0.423. The summed E-state index contributed by atoms with van der Waals surface area (Å²) in [6.45, 7) is 1.92. The monoisotopic (exact) mass is 466 g/mol. The molecule has 1 fully saturated rings. The predicted molar refractivity (Wildman–Crippen MR) is 125 cm³/mol. The van der Waals surface area contributed by atoms with Crippen molar-refractivity contribution in [2.75, 3.05) is 20.3 Å². The maximum Gasteiger partial charge on any atom is 0.407 e. The molecule has 4 rings (SSSR count). The van der Waals surface area contributed by atoms with E-state index in [0.29, 0.717) is 0 Å². The van der Waals surface area contributed by atoms with Crippen LogP contribution in [0.5, 0.6) is 0 Å². The highest BCUT2D eigenvalue weighted by Gasteiger charge is 2.39. The third kappa shape index (κ3) is 5.07. The molecule has 2 atom stereocenters. The van der Waals surface area contributed by atoms with Gasteiger partial charge >= 0.3 is 12.1 Å². The first-order valence-corrected chi connectivity index (χ1v) is 11.6. The molecule has 2 amide bonds. The van der Waals surface area contributed by atoms with E-state index in [9.17, 15) is 14.4 Å². The largest absolute Gasteiger partial charge is 0.481 e. The Hall–Kier alpha value is -3.39. The highest BCUT2D eigenvalue weighted by molar-refractivity contribution is 5.87. The molecule has 0 unspecified atom stereocenters. The lowest BCUT2D eigenvalue weighted by Crippen LogP contribution is -2.55. The molecule has 34 heavy (non-hydrogen) atoms. The van der Waals surface area contributed by atoms with Crippen LogP contribution in [0.1, 0.15) is 43.2 Å². The van der Waals surface area contributed by atoms with Crippen LogP contribution < -0.4 is 5.32 Å². The number of ether oxygens (including phenoxy) is 2. The van der Waals surface area contributed by atoms with Crippen molar-refractivity contribution in [2.45, 2.75) is 50.3 Å². The number of hydrogen-bond acceptors (Lipinski definition) is 5. The maximum absolute atomic E-state index is 13.2. The molecule has 2 aliphatic rings. The van der Waals surface area contributed by atoms with Crippen LogP contribution in [0.25, 0.3) is 11.1 Å². The van der Waals surface area contributed by atoms with Gasteiger partial charge in [-0.3, -0.25) is 9.59 Å². The summed E-state index contributed by atoms with van der Waals surface area (Å²) in [6, 6.07) is 15.1. The van der Waals surface area contributed by atoms with Gasteiger partial charge in [0.25, 0.3) is 0 Å². The lowest BCUT2D eigenvalue weighted by atomic mass is 9.98. The van der Waals surface area contributed by atoms with Crippen molar-refractivity contribution in [3.8, 4) is 11.1 Å². The van der Waals surface area contributed by atoms with Crippen LogP contribution in [0, 0.1) is 0 Å². The van der Waals surface area contributed by atoms with Crippen molar-refractivity contribution in [3.05, 3.63) is 59.7 Å². The number of aliphatic carboxylic acids is 1. The van der Waals surface area contributed by atoms with E-state index in [2.05, 4.69) is 17.4 Å². The molecular weight excluding hydrogens is 436 g/mol. The average molecular weight is 467 g/mol. The Bertz CT molecular complexity index is 1020. The number of carboxylic acid groups (broad SMARTS) is 1. The Labute approximate surface area is 198 Å². The number of carbonyl (C=O) groups is 3. The first-order valence-electron chi connectivity index (χ1n) is 11.6. The molecule has 0 heterocycles.